The number of ether oxygens (including phenoxy) is 1. The van der Waals surface area contributed by atoms with E-state index in [0.29, 0.717) is 39.1 Å². The summed E-state index contributed by atoms with van der Waals surface area (Å²) in [6.45, 7) is 7.49. The van der Waals surface area contributed by atoms with E-state index >= 15 is 0 Å². The molecule has 4 aromatic rings. The summed E-state index contributed by atoms with van der Waals surface area (Å²) in [5.41, 5.74) is 6.75. The van der Waals surface area contributed by atoms with Crippen LogP contribution in [-0.2, 0) is 37.0 Å². The topological polar surface area (TPSA) is 108 Å². The average Bonchev–Trinajstić information content (AvgIpc) is 3.17. The van der Waals surface area contributed by atoms with Crippen molar-refractivity contribution in [3.63, 3.8) is 0 Å². The van der Waals surface area contributed by atoms with Gasteiger partial charge in [0.1, 0.15) is 0 Å². The number of carbonyl (C=O) groups excluding carboxylic acids is 4. The van der Waals surface area contributed by atoms with Crippen molar-refractivity contribution in [2.45, 2.75) is 84.0 Å². The monoisotopic (exact) mass is 750 g/mol. The molecular weight excluding hydrogens is 701 g/mol. The molecule has 0 spiro atoms. The zero-order valence-corrected chi connectivity index (χ0v) is 32.5. The number of hydrogen-bond acceptors (Lipinski definition) is 5. The third-order valence-electron chi connectivity index (χ3n) is 10.1. The van der Waals surface area contributed by atoms with E-state index in [2.05, 4.69) is 28.6 Å². The number of nitrogens with one attached hydrogen (secondary N) is 2. The Morgan fingerprint density at radius 1 is 0.679 bits per heavy atom. The molecule has 1 atom stereocenters. The molecule has 9 heteroatoms. The SMILES string of the molecule is CC(CCNC(=O)CCC(=O)N1Cc2ccccc2C#Cc2ccccc21)OCCC(C)(C)NC(=O)CCC(=O)N1Cc2ccccc2/C=C\c2ccccc21. The predicted molar refractivity (Wildman–Crippen MR) is 221 cm³/mol. The number of amides is 4. The zero-order chi connectivity index (χ0) is 39.5. The molecule has 4 aromatic carbocycles. The number of carbonyl (C=O) groups is 4. The highest BCUT2D eigenvalue weighted by Crippen LogP contribution is 2.30. The molecule has 288 valence electrons. The van der Waals surface area contributed by atoms with Crippen molar-refractivity contribution in [3.05, 3.63) is 130 Å². The average molecular weight is 751 g/mol. The minimum Gasteiger partial charge on any atom is -0.378 e. The number of hydrogen-bond donors (Lipinski definition) is 2. The smallest absolute Gasteiger partial charge is 0.227 e. The van der Waals surface area contributed by atoms with Gasteiger partial charge in [-0.25, -0.2) is 0 Å². The summed E-state index contributed by atoms with van der Waals surface area (Å²) in [5.74, 6) is 5.81. The van der Waals surface area contributed by atoms with Crippen LogP contribution in [0, 0.1) is 11.8 Å². The molecule has 2 heterocycles. The van der Waals surface area contributed by atoms with E-state index in [1.807, 2.05) is 124 Å². The molecule has 2 N–H and O–H groups in total. The molecule has 0 saturated heterocycles. The first-order chi connectivity index (χ1) is 27.1. The van der Waals surface area contributed by atoms with Gasteiger partial charge < -0.3 is 25.2 Å². The lowest BCUT2D eigenvalue weighted by atomic mass is 10.00. The van der Waals surface area contributed by atoms with Crippen LogP contribution in [0.3, 0.4) is 0 Å². The Kier molecular flexibility index (Phi) is 13.2. The van der Waals surface area contributed by atoms with Gasteiger partial charge in [-0.05, 0) is 80.1 Å². The molecule has 4 amide bonds. The third-order valence-corrected chi connectivity index (χ3v) is 10.1. The van der Waals surface area contributed by atoms with Crippen LogP contribution in [-0.4, -0.2) is 48.4 Å². The second-order valence-electron chi connectivity index (χ2n) is 15.0. The third kappa shape index (κ3) is 10.6. The summed E-state index contributed by atoms with van der Waals surface area (Å²) < 4.78 is 6.02. The number of nitrogens with zero attached hydrogens (tertiary/aromatic N) is 2. The number of benzene rings is 4. The lowest BCUT2D eigenvalue weighted by molar-refractivity contribution is -0.126. The largest absolute Gasteiger partial charge is 0.378 e. The second-order valence-corrected chi connectivity index (χ2v) is 15.0. The van der Waals surface area contributed by atoms with Crippen LogP contribution >= 0.6 is 0 Å². The maximum absolute atomic E-state index is 13.6. The molecule has 2 aliphatic rings. The Morgan fingerprint density at radius 3 is 2.00 bits per heavy atom. The Bertz CT molecular complexity index is 2160. The summed E-state index contributed by atoms with van der Waals surface area (Å²) in [7, 11) is 0. The van der Waals surface area contributed by atoms with Gasteiger partial charge in [0.25, 0.3) is 0 Å². The van der Waals surface area contributed by atoms with Crippen molar-refractivity contribution < 1.29 is 23.9 Å². The Hall–Kier alpha value is -5.98. The molecule has 0 aromatic heterocycles. The predicted octanol–water partition coefficient (Wildman–Crippen LogP) is 7.41. The maximum atomic E-state index is 13.6. The van der Waals surface area contributed by atoms with Crippen molar-refractivity contribution >= 4 is 47.2 Å². The fraction of sp³-hybridized carbons (Fsp3) is 0.319. The fourth-order valence-electron chi connectivity index (χ4n) is 6.90. The molecule has 2 aliphatic heterocycles. The van der Waals surface area contributed by atoms with Crippen LogP contribution in [0.25, 0.3) is 12.2 Å². The maximum Gasteiger partial charge on any atom is 0.227 e. The van der Waals surface area contributed by atoms with E-state index in [0.717, 1.165) is 44.8 Å². The summed E-state index contributed by atoms with van der Waals surface area (Å²) >= 11 is 0. The second kappa shape index (κ2) is 18.6. The van der Waals surface area contributed by atoms with Gasteiger partial charge in [-0.2, -0.15) is 0 Å². The normalized spacial score (nSPS) is 14.1. The van der Waals surface area contributed by atoms with Gasteiger partial charge in [0.05, 0.1) is 30.6 Å². The van der Waals surface area contributed by atoms with Gasteiger partial charge in [0.2, 0.25) is 23.6 Å². The first kappa shape index (κ1) is 39.7. The number of para-hydroxylation sites is 2. The van der Waals surface area contributed by atoms with Gasteiger partial charge in [-0.3, -0.25) is 19.2 Å². The lowest BCUT2D eigenvalue weighted by Gasteiger charge is -2.28. The molecular formula is C47H50N4O5. The van der Waals surface area contributed by atoms with Gasteiger partial charge >= 0.3 is 0 Å². The van der Waals surface area contributed by atoms with Gasteiger partial charge in [0.15, 0.2) is 0 Å². The number of fused-ring (bicyclic) bond motifs is 4. The van der Waals surface area contributed by atoms with Crippen molar-refractivity contribution in [3.8, 4) is 11.8 Å². The van der Waals surface area contributed by atoms with Gasteiger partial charge in [0, 0.05) is 55.5 Å². The van der Waals surface area contributed by atoms with Crippen LogP contribution in [0.4, 0.5) is 11.4 Å². The first-order valence-corrected chi connectivity index (χ1v) is 19.4. The lowest BCUT2D eigenvalue weighted by Crippen LogP contribution is -2.44. The highest BCUT2D eigenvalue weighted by Gasteiger charge is 2.25. The van der Waals surface area contributed by atoms with E-state index < -0.39 is 5.54 Å². The molecule has 0 bridgehead atoms. The van der Waals surface area contributed by atoms with E-state index in [1.165, 1.54) is 0 Å². The highest BCUT2D eigenvalue weighted by molar-refractivity contribution is 5.99. The highest BCUT2D eigenvalue weighted by atomic mass is 16.5. The van der Waals surface area contributed by atoms with Crippen LogP contribution < -0.4 is 20.4 Å². The van der Waals surface area contributed by atoms with Crippen molar-refractivity contribution in [2.75, 3.05) is 23.0 Å². The molecule has 6 rings (SSSR count). The van der Waals surface area contributed by atoms with E-state index in [1.54, 1.807) is 9.80 Å². The summed E-state index contributed by atoms with van der Waals surface area (Å²) in [6.07, 6.45) is 5.48. The Labute approximate surface area is 330 Å². The van der Waals surface area contributed by atoms with Crippen LogP contribution in [0.1, 0.15) is 92.7 Å². The standard InChI is InChI=1S/C47H50N4O5/c1-34(28-30-48-43(52)24-26-45(54)50-32-39-16-6-4-12-35(39)20-22-37-14-8-10-18-41(37)50)56-31-29-47(2,3)49-44(53)25-27-46(55)51-33-40-17-7-5-13-36(40)21-23-38-15-9-11-19-42(38)51/h4-19,21,23,34H,24-33H2,1-3H3,(H,48,52)(H,49,53)/b23-21-. The van der Waals surface area contributed by atoms with Crippen LogP contribution in [0.2, 0.25) is 0 Å². The quantitative estimate of drug-likeness (QED) is 0.131. The molecule has 0 saturated carbocycles. The summed E-state index contributed by atoms with van der Waals surface area (Å²) in [4.78, 5) is 56.3. The first-order valence-electron chi connectivity index (χ1n) is 19.4. The van der Waals surface area contributed by atoms with Crippen molar-refractivity contribution in [1.29, 1.82) is 0 Å². The fourth-order valence-corrected chi connectivity index (χ4v) is 6.90. The molecule has 0 fully saturated rings. The van der Waals surface area contributed by atoms with Gasteiger partial charge in [-0.1, -0.05) is 96.8 Å². The van der Waals surface area contributed by atoms with Crippen molar-refractivity contribution in [2.24, 2.45) is 0 Å². The number of anilines is 2. The Balaban J connectivity index is 0.893. The summed E-state index contributed by atoms with van der Waals surface area (Å²) in [5, 5.41) is 5.99. The molecule has 0 radical (unpaired) electrons. The molecule has 1 unspecified atom stereocenters. The zero-order valence-electron chi connectivity index (χ0n) is 32.5. The minimum atomic E-state index is -0.543. The Morgan fingerprint density at radius 2 is 1.23 bits per heavy atom. The molecule has 9 nitrogen and oxygen atoms in total. The van der Waals surface area contributed by atoms with E-state index in [9.17, 15) is 19.2 Å². The minimum absolute atomic E-state index is 0.0783. The summed E-state index contributed by atoms with van der Waals surface area (Å²) in [6, 6.07) is 31.3. The number of rotatable bonds is 14. The van der Waals surface area contributed by atoms with E-state index in [4.69, 9.17) is 4.74 Å². The molecule has 0 aliphatic carbocycles. The van der Waals surface area contributed by atoms with E-state index in [-0.39, 0.29) is 55.4 Å². The van der Waals surface area contributed by atoms with Gasteiger partial charge in [-0.15, -0.1) is 0 Å². The van der Waals surface area contributed by atoms with Crippen molar-refractivity contribution in [1.82, 2.24) is 10.6 Å². The van der Waals surface area contributed by atoms with Crippen LogP contribution in [0.15, 0.2) is 97.1 Å². The van der Waals surface area contributed by atoms with Crippen LogP contribution in [0.5, 0.6) is 0 Å². The molecule has 56 heavy (non-hydrogen) atoms.